The van der Waals surface area contributed by atoms with E-state index in [0.717, 1.165) is 86.3 Å². The second kappa shape index (κ2) is 10.0. The average Bonchev–Trinajstić information content (AvgIpc) is 3.13. The van der Waals surface area contributed by atoms with Crippen LogP contribution in [0.2, 0.25) is 0 Å². The molecular weight excluding hydrogens is 360 g/mol. The minimum absolute atomic E-state index is 0.541. The van der Waals surface area contributed by atoms with Gasteiger partial charge in [-0.3, -0.25) is 4.90 Å². The van der Waals surface area contributed by atoms with Crippen molar-refractivity contribution in [3.63, 3.8) is 0 Å². The molecule has 1 saturated heterocycles. The average molecular weight is 397 g/mol. The van der Waals surface area contributed by atoms with Gasteiger partial charge in [-0.05, 0) is 19.5 Å². The molecule has 0 saturated carbocycles. The van der Waals surface area contributed by atoms with Crippen molar-refractivity contribution in [1.82, 2.24) is 24.3 Å². The van der Waals surface area contributed by atoms with Crippen molar-refractivity contribution >= 4 is 27.8 Å². The maximum absolute atomic E-state index is 6.28. The van der Waals surface area contributed by atoms with Crippen molar-refractivity contribution in [3.05, 3.63) is 30.1 Å². The van der Waals surface area contributed by atoms with Crippen LogP contribution in [0.1, 0.15) is 39.4 Å². The van der Waals surface area contributed by atoms with Crippen LogP contribution in [0.4, 0.5) is 5.82 Å². The number of para-hydroxylation sites is 1. The summed E-state index contributed by atoms with van der Waals surface area (Å²) in [5.41, 5.74) is 9.24. The van der Waals surface area contributed by atoms with Crippen LogP contribution in [-0.4, -0.2) is 64.1 Å². The van der Waals surface area contributed by atoms with Gasteiger partial charge in [0.05, 0.1) is 11.0 Å². The van der Waals surface area contributed by atoms with Gasteiger partial charge in [-0.1, -0.05) is 45.4 Å². The number of benzene rings is 1. The van der Waals surface area contributed by atoms with Crippen molar-refractivity contribution in [2.45, 2.75) is 46.6 Å². The number of unbranched alkanes of at least 4 members (excludes halogenated alkanes) is 1. The molecule has 0 amide bonds. The van der Waals surface area contributed by atoms with E-state index in [1.165, 1.54) is 0 Å². The number of anilines is 1. The number of fused-ring (bicyclic) bond motifs is 3. The van der Waals surface area contributed by atoms with Crippen LogP contribution in [0.3, 0.4) is 0 Å². The molecule has 2 N–H and O–H groups in total. The van der Waals surface area contributed by atoms with Gasteiger partial charge >= 0.3 is 0 Å². The van der Waals surface area contributed by atoms with Gasteiger partial charge in [0.25, 0.3) is 0 Å². The number of aryl methyl sites for hydroxylation is 1. The molecule has 0 unspecified atom stereocenters. The molecule has 3 aromatic rings. The Morgan fingerprint density at radius 2 is 1.72 bits per heavy atom. The summed E-state index contributed by atoms with van der Waals surface area (Å²) in [6.45, 7) is 12.8. The SMILES string of the molecule is CC.CCCCc1nc2c(N)nc3ccccc3c2n1CCN1CCN(C)CC1. The van der Waals surface area contributed by atoms with E-state index in [-0.39, 0.29) is 0 Å². The summed E-state index contributed by atoms with van der Waals surface area (Å²) in [5.74, 6) is 1.69. The third-order valence-electron chi connectivity index (χ3n) is 5.68. The van der Waals surface area contributed by atoms with E-state index < -0.39 is 0 Å². The number of pyridine rings is 1. The minimum Gasteiger partial charge on any atom is -0.382 e. The van der Waals surface area contributed by atoms with Gasteiger partial charge in [-0.2, -0.15) is 0 Å². The first-order valence-electron chi connectivity index (χ1n) is 11.1. The highest BCUT2D eigenvalue weighted by atomic mass is 15.3. The molecule has 1 fully saturated rings. The number of likely N-dealkylation sites (N-methyl/N-ethyl adjacent to an activating group) is 1. The fourth-order valence-electron chi connectivity index (χ4n) is 3.98. The van der Waals surface area contributed by atoms with E-state index in [0.29, 0.717) is 5.82 Å². The second-order valence-electron chi connectivity index (χ2n) is 7.64. The van der Waals surface area contributed by atoms with E-state index in [1.54, 1.807) is 0 Å². The Bertz CT molecular complexity index is 924. The molecule has 6 nitrogen and oxygen atoms in total. The fraction of sp³-hybridized carbons (Fsp3) is 0.565. The van der Waals surface area contributed by atoms with E-state index in [9.17, 15) is 0 Å². The predicted octanol–water partition coefficient (Wildman–Crippen LogP) is 3.78. The molecular formula is C23H36N6. The zero-order chi connectivity index (χ0) is 20.8. The zero-order valence-corrected chi connectivity index (χ0v) is 18.5. The molecule has 6 heteroatoms. The molecule has 29 heavy (non-hydrogen) atoms. The molecule has 158 valence electrons. The van der Waals surface area contributed by atoms with Gasteiger partial charge in [-0.25, -0.2) is 9.97 Å². The zero-order valence-electron chi connectivity index (χ0n) is 18.5. The molecule has 2 aromatic heterocycles. The molecule has 0 radical (unpaired) electrons. The van der Waals surface area contributed by atoms with Gasteiger partial charge in [0.15, 0.2) is 5.82 Å². The number of piperazine rings is 1. The Labute approximate surface area is 174 Å². The number of rotatable bonds is 6. The number of hydrogen-bond donors (Lipinski definition) is 1. The lowest BCUT2D eigenvalue weighted by Crippen LogP contribution is -2.45. The topological polar surface area (TPSA) is 63.2 Å². The molecule has 4 rings (SSSR count). The van der Waals surface area contributed by atoms with Crippen molar-refractivity contribution < 1.29 is 0 Å². The summed E-state index contributed by atoms with van der Waals surface area (Å²) in [5, 5.41) is 1.15. The normalized spacial score (nSPS) is 15.6. The van der Waals surface area contributed by atoms with Crippen LogP contribution in [0, 0.1) is 0 Å². The number of aromatic nitrogens is 3. The summed E-state index contributed by atoms with van der Waals surface area (Å²) in [6, 6.07) is 8.27. The number of nitrogens with zero attached hydrogens (tertiary/aromatic N) is 5. The van der Waals surface area contributed by atoms with Crippen molar-refractivity contribution in [2.75, 3.05) is 45.5 Å². The van der Waals surface area contributed by atoms with Gasteiger partial charge < -0.3 is 15.2 Å². The van der Waals surface area contributed by atoms with E-state index >= 15 is 0 Å². The van der Waals surface area contributed by atoms with Crippen LogP contribution < -0.4 is 5.73 Å². The molecule has 0 bridgehead atoms. The van der Waals surface area contributed by atoms with Crippen LogP contribution >= 0.6 is 0 Å². The first kappa shape index (κ1) is 21.5. The first-order valence-corrected chi connectivity index (χ1v) is 11.1. The Balaban J connectivity index is 0.00000117. The van der Waals surface area contributed by atoms with E-state index in [1.807, 2.05) is 26.0 Å². The number of hydrogen-bond acceptors (Lipinski definition) is 5. The van der Waals surface area contributed by atoms with Crippen LogP contribution in [0.5, 0.6) is 0 Å². The third-order valence-corrected chi connectivity index (χ3v) is 5.68. The molecule has 3 heterocycles. The van der Waals surface area contributed by atoms with Crippen molar-refractivity contribution in [3.8, 4) is 0 Å². The fourth-order valence-corrected chi connectivity index (χ4v) is 3.98. The standard InChI is InChI=1S/C21H30N6.C2H6/c1-3-4-9-18-24-19-20(16-7-5-6-8-17(16)23-21(19)22)27(18)15-14-26-12-10-25(2)11-13-26;1-2/h5-8H,3-4,9-15H2,1-2H3,(H2,22,23);1-2H3. The number of nitrogens with two attached hydrogens (primary N) is 1. The van der Waals surface area contributed by atoms with Gasteiger partial charge in [-0.15, -0.1) is 0 Å². The Morgan fingerprint density at radius 3 is 2.45 bits per heavy atom. The van der Waals surface area contributed by atoms with Gasteiger partial charge in [0.2, 0.25) is 0 Å². The monoisotopic (exact) mass is 396 g/mol. The maximum Gasteiger partial charge on any atom is 0.152 e. The largest absolute Gasteiger partial charge is 0.382 e. The quantitative estimate of drug-likeness (QED) is 0.687. The van der Waals surface area contributed by atoms with Crippen LogP contribution in [0.25, 0.3) is 21.9 Å². The Kier molecular flexibility index (Phi) is 7.45. The van der Waals surface area contributed by atoms with Crippen molar-refractivity contribution in [1.29, 1.82) is 0 Å². The molecule has 1 aromatic carbocycles. The highest BCUT2D eigenvalue weighted by molar-refractivity contribution is 6.06. The smallest absolute Gasteiger partial charge is 0.152 e. The third kappa shape index (κ3) is 4.70. The summed E-state index contributed by atoms with van der Waals surface area (Å²) in [6.07, 6.45) is 3.29. The van der Waals surface area contributed by atoms with E-state index in [2.05, 4.69) is 45.5 Å². The summed E-state index contributed by atoms with van der Waals surface area (Å²) < 4.78 is 2.41. The van der Waals surface area contributed by atoms with Crippen LogP contribution in [0.15, 0.2) is 24.3 Å². The molecule has 0 aliphatic carbocycles. The Hall–Kier alpha value is -2.18. The highest BCUT2D eigenvalue weighted by Crippen LogP contribution is 2.29. The highest BCUT2D eigenvalue weighted by Gasteiger charge is 2.19. The predicted molar refractivity (Wildman–Crippen MR) is 123 cm³/mol. The van der Waals surface area contributed by atoms with Crippen molar-refractivity contribution in [2.24, 2.45) is 0 Å². The van der Waals surface area contributed by atoms with Gasteiger partial charge in [0, 0.05) is 51.1 Å². The number of nitrogen functional groups attached to an aromatic ring is 1. The summed E-state index contributed by atoms with van der Waals surface area (Å²) in [4.78, 5) is 14.5. The lowest BCUT2D eigenvalue weighted by molar-refractivity contribution is 0.150. The first-order chi connectivity index (χ1) is 14.2. The lowest BCUT2D eigenvalue weighted by atomic mass is 10.2. The minimum atomic E-state index is 0.541. The molecule has 0 atom stereocenters. The second-order valence-corrected chi connectivity index (χ2v) is 7.64. The maximum atomic E-state index is 6.28. The number of imidazole rings is 1. The molecule has 0 spiro atoms. The van der Waals surface area contributed by atoms with E-state index in [4.69, 9.17) is 10.7 Å². The Morgan fingerprint density at radius 1 is 1.00 bits per heavy atom. The summed E-state index contributed by atoms with van der Waals surface area (Å²) >= 11 is 0. The summed E-state index contributed by atoms with van der Waals surface area (Å²) in [7, 11) is 2.20. The van der Waals surface area contributed by atoms with Crippen LogP contribution in [-0.2, 0) is 13.0 Å². The molecule has 1 aliphatic heterocycles. The lowest BCUT2D eigenvalue weighted by Gasteiger charge is -2.32. The van der Waals surface area contributed by atoms with Gasteiger partial charge in [0.1, 0.15) is 11.3 Å². The molecule has 1 aliphatic rings.